The fourth-order valence-corrected chi connectivity index (χ4v) is 3.84. The van der Waals surface area contributed by atoms with Crippen molar-refractivity contribution in [3.05, 3.63) is 47.0 Å². The van der Waals surface area contributed by atoms with Gasteiger partial charge in [-0.25, -0.2) is 4.79 Å². The van der Waals surface area contributed by atoms with Gasteiger partial charge < -0.3 is 28.4 Å². The molecule has 0 radical (unpaired) electrons. The first-order valence-corrected chi connectivity index (χ1v) is 9.68. The summed E-state index contributed by atoms with van der Waals surface area (Å²) in [7, 11) is 2.95. The molecular formula is C23H20O8. The number of carbonyl (C=O) groups excluding carboxylic acids is 2. The van der Waals surface area contributed by atoms with Crippen molar-refractivity contribution in [3.8, 4) is 28.7 Å². The molecule has 0 saturated carbocycles. The third kappa shape index (κ3) is 2.82. The predicted octanol–water partition coefficient (Wildman–Crippen LogP) is 3.41. The summed E-state index contributed by atoms with van der Waals surface area (Å²) in [6.07, 6.45) is 3.68. The number of esters is 1. The number of carbonyl (C=O) groups is 2. The lowest BCUT2D eigenvalue weighted by molar-refractivity contribution is -0.144. The number of Topliss-reactive ketones (excluding diaryl/α,β-unsaturated/α-hetero) is 1. The molecule has 3 aliphatic heterocycles. The van der Waals surface area contributed by atoms with Gasteiger partial charge in [-0.1, -0.05) is 0 Å². The van der Waals surface area contributed by atoms with Crippen LogP contribution in [-0.2, 0) is 4.74 Å². The van der Waals surface area contributed by atoms with E-state index in [-0.39, 0.29) is 23.5 Å². The predicted molar refractivity (Wildman–Crippen MR) is 108 cm³/mol. The van der Waals surface area contributed by atoms with Crippen molar-refractivity contribution in [2.45, 2.75) is 25.2 Å². The standard InChI is InChI=1S/C23H20O8/c1-22(2)8-7-12-15(29-22)6-5-13-19(12)30-23(31-21(13)25)11-28-16-10-18(27-4)17(26-3)9-14(16)20(23)24/h5-10H,11H2,1-4H3/t23-/m0/s1. The second kappa shape index (κ2) is 6.41. The van der Waals surface area contributed by atoms with Crippen molar-refractivity contribution < 1.29 is 38.0 Å². The molecule has 1 spiro atoms. The van der Waals surface area contributed by atoms with E-state index >= 15 is 0 Å². The maximum absolute atomic E-state index is 13.5. The molecule has 8 heteroatoms. The zero-order valence-electron chi connectivity index (χ0n) is 17.4. The van der Waals surface area contributed by atoms with Gasteiger partial charge in [0.1, 0.15) is 22.7 Å². The molecule has 0 amide bonds. The summed E-state index contributed by atoms with van der Waals surface area (Å²) in [5.41, 5.74) is 0.437. The third-order valence-corrected chi connectivity index (χ3v) is 5.42. The monoisotopic (exact) mass is 424 g/mol. The average Bonchev–Trinajstić information content (AvgIpc) is 2.74. The molecule has 3 heterocycles. The molecular weight excluding hydrogens is 404 g/mol. The van der Waals surface area contributed by atoms with Crippen molar-refractivity contribution in [2.75, 3.05) is 20.8 Å². The van der Waals surface area contributed by atoms with Crippen molar-refractivity contribution in [2.24, 2.45) is 0 Å². The molecule has 0 unspecified atom stereocenters. The van der Waals surface area contributed by atoms with Crippen LogP contribution in [0.5, 0.6) is 28.7 Å². The van der Waals surface area contributed by atoms with Crippen LogP contribution in [0.1, 0.15) is 40.1 Å². The van der Waals surface area contributed by atoms with E-state index in [0.717, 1.165) is 0 Å². The summed E-state index contributed by atoms with van der Waals surface area (Å²) >= 11 is 0. The molecule has 2 aromatic rings. The molecule has 31 heavy (non-hydrogen) atoms. The first kappa shape index (κ1) is 19.3. The minimum atomic E-state index is -1.95. The Hall–Kier alpha value is -3.68. The van der Waals surface area contributed by atoms with Gasteiger partial charge in [0.15, 0.2) is 23.9 Å². The SMILES string of the molecule is COc1cc2c(cc1OC)C(=O)[C@]1(CO2)OC(=O)c2ccc3c(c2O1)C=CC(C)(C)O3. The molecule has 0 aliphatic carbocycles. The lowest BCUT2D eigenvalue weighted by Crippen LogP contribution is -2.57. The number of hydrogen-bond donors (Lipinski definition) is 0. The molecule has 2 aromatic carbocycles. The zero-order valence-corrected chi connectivity index (χ0v) is 17.4. The van der Waals surface area contributed by atoms with Crippen LogP contribution >= 0.6 is 0 Å². The molecule has 5 rings (SSSR count). The Balaban J connectivity index is 1.60. The van der Waals surface area contributed by atoms with Crippen LogP contribution in [0.3, 0.4) is 0 Å². The lowest BCUT2D eigenvalue weighted by atomic mass is 9.95. The Bertz CT molecular complexity index is 1160. The van der Waals surface area contributed by atoms with Gasteiger partial charge in [-0.15, -0.1) is 0 Å². The quantitative estimate of drug-likeness (QED) is 0.678. The van der Waals surface area contributed by atoms with Gasteiger partial charge in [-0.3, -0.25) is 4.79 Å². The van der Waals surface area contributed by atoms with E-state index < -0.39 is 23.1 Å². The van der Waals surface area contributed by atoms with Gasteiger partial charge in [-0.2, -0.15) is 0 Å². The number of methoxy groups -OCH3 is 2. The number of hydrogen-bond acceptors (Lipinski definition) is 8. The van der Waals surface area contributed by atoms with E-state index in [1.54, 1.807) is 18.2 Å². The summed E-state index contributed by atoms with van der Waals surface area (Å²) in [6.45, 7) is 3.53. The van der Waals surface area contributed by atoms with Gasteiger partial charge in [0.05, 0.1) is 25.3 Å². The van der Waals surface area contributed by atoms with Crippen LogP contribution < -0.4 is 23.7 Å². The van der Waals surface area contributed by atoms with Gasteiger partial charge >= 0.3 is 11.8 Å². The second-order valence-corrected chi connectivity index (χ2v) is 7.96. The minimum Gasteiger partial charge on any atom is -0.493 e. The maximum Gasteiger partial charge on any atom is 0.354 e. The van der Waals surface area contributed by atoms with E-state index in [9.17, 15) is 9.59 Å². The van der Waals surface area contributed by atoms with Crippen LogP contribution in [-0.4, -0.2) is 44.0 Å². The molecule has 0 N–H and O–H groups in total. The van der Waals surface area contributed by atoms with Gasteiger partial charge in [0.25, 0.3) is 5.78 Å². The fraction of sp³-hybridized carbons (Fsp3) is 0.304. The average molecular weight is 424 g/mol. The Labute approximate surface area is 178 Å². The number of benzene rings is 2. The number of fused-ring (bicyclic) bond motifs is 4. The Morgan fingerprint density at radius 2 is 1.65 bits per heavy atom. The first-order chi connectivity index (χ1) is 14.8. The van der Waals surface area contributed by atoms with E-state index in [1.807, 2.05) is 26.0 Å². The highest BCUT2D eigenvalue weighted by atomic mass is 16.7. The largest absolute Gasteiger partial charge is 0.493 e. The Morgan fingerprint density at radius 1 is 0.903 bits per heavy atom. The fourth-order valence-electron chi connectivity index (χ4n) is 3.84. The van der Waals surface area contributed by atoms with E-state index in [1.165, 1.54) is 20.3 Å². The van der Waals surface area contributed by atoms with Crippen molar-refractivity contribution in [3.63, 3.8) is 0 Å². The third-order valence-electron chi connectivity index (χ3n) is 5.42. The van der Waals surface area contributed by atoms with E-state index in [0.29, 0.717) is 28.6 Å². The summed E-state index contributed by atoms with van der Waals surface area (Å²) in [4.78, 5) is 26.3. The normalized spacial score (nSPS) is 22.2. The van der Waals surface area contributed by atoms with Crippen molar-refractivity contribution in [1.29, 1.82) is 0 Å². The number of ether oxygens (including phenoxy) is 6. The van der Waals surface area contributed by atoms with Crippen LogP contribution in [0, 0.1) is 0 Å². The highest BCUT2D eigenvalue weighted by Crippen LogP contribution is 2.46. The van der Waals surface area contributed by atoms with Crippen LogP contribution in [0.2, 0.25) is 0 Å². The number of ketones is 1. The van der Waals surface area contributed by atoms with E-state index in [2.05, 4.69) is 0 Å². The molecule has 1 atom stereocenters. The topological polar surface area (TPSA) is 89.5 Å². The van der Waals surface area contributed by atoms with Crippen LogP contribution in [0.15, 0.2) is 30.3 Å². The molecule has 8 nitrogen and oxygen atoms in total. The summed E-state index contributed by atoms with van der Waals surface area (Å²) in [6, 6.07) is 6.29. The van der Waals surface area contributed by atoms with Crippen molar-refractivity contribution >= 4 is 17.8 Å². The maximum atomic E-state index is 13.5. The van der Waals surface area contributed by atoms with Gasteiger partial charge in [-0.05, 0) is 44.2 Å². The first-order valence-electron chi connectivity index (χ1n) is 9.68. The molecule has 3 aliphatic rings. The zero-order chi connectivity index (χ0) is 22.0. The Morgan fingerprint density at radius 3 is 2.39 bits per heavy atom. The smallest absolute Gasteiger partial charge is 0.354 e. The second-order valence-electron chi connectivity index (χ2n) is 7.96. The van der Waals surface area contributed by atoms with Gasteiger partial charge in [0, 0.05) is 6.07 Å². The van der Waals surface area contributed by atoms with Crippen LogP contribution in [0.25, 0.3) is 6.08 Å². The minimum absolute atomic E-state index is 0.165. The highest BCUT2D eigenvalue weighted by molar-refractivity contribution is 6.08. The Kier molecular flexibility index (Phi) is 3.99. The highest BCUT2D eigenvalue weighted by Gasteiger charge is 2.55. The lowest BCUT2D eigenvalue weighted by Gasteiger charge is -2.40. The summed E-state index contributed by atoms with van der Waals surface area (Å²) in [5.74, 6) is -1.36. The summed E-state index contributed by atoms with van der Waals surface area (Å²) < 4.78 is 33.9. The van der Waals surface area contributed by atoms with E-state index in [4.69, 9.17) is 28.4 Å². The molecule has 0 saturated heterocycles. The molecule has 160 valence electrons. The molecule has 0 aromatic heterocycles. The molecule has 0 fully saturated rings. The number of rotatable bonds is 2. The molecule has 0 bridgehead atoms. The van der Waals surface area contributed by atoms with Gasteiger partial charge in [0.2, 0.25) is 0 Å². The summed E-state index contributed by atoms with van der Waals surface area (Å²) in [5, 5.41) is 0. The van der Waals surface area contributed by atoms with Crippen LogP contribution in [0.4, 0.5) is 0 Å². The van der Waals surface area contributed by atoms with Crippen molar-refractivity contribution in [1.82, 2.24) is 0 Å².